The fourth-order valence-electron chi connectivity index (χ4n) is 2.13. The lowest BCUT2D eigenvalue weighted by Gasteiger charge is -2.27. The molecule has 0 aliphatic heterocycles. The van der Waals surface area contributed by atoms with Crippen LogP contribution in [0.3, 0.4) is 0 Å². The van der Waals surface area contributed by atoms with Crippen LogP contribution in [0, 0.1) is 5.41 Å². The zero-order valence-electron chi connectivity index (χ0n) is 10.3. The van der Waals surface area contributed by atoms with E-state index in [1.165, 1.54) is 6.08 Å². The number of allylic oxidation sites excluding steroid dienone is 3. The quantitative estimate of drug-likeness (QED) is 0.579. The Hall–Kier alpha value is -1.58. The van der Waals surface area contributed by atoms with Crippen LogP contribution in [0.25, 0.3) is 0 Å². The van der Waals surface area contributed by atoms with E-state index in [0.29, 0.717) is 6.42 Å². The molecule has 1 aliphatic carbocycles. The van der Waals surface area contributed by atoms with E-state index in [9.17, 15) is 14.7 Å². The van der Waals surface area contributed by atoms with Gasteiger partial charge in [0.25, 0.3) is 0 Å². The molecule has 94 valence electrons. The van der Waals surface area contributed by atoms with Crippen molar-refractivity contribution in [3.8, 4) is 0 Å². The normalized spacial score (nSPS) is 28.9. The summed E-state index contributed by atoms with van der Waals surface area (Å²) in [6.07, 6.45) is 8.82. The molecule has 0 bridgehead atoms. The molecule has 2 unspecified atom stereocenters. The van der Waals surface area contributed by atoms with Gasteiger partial charge in [-0.1, -0.05) is 24.6 Å². The Balaban J connectivity index is 2.62. The van der Waals surface area contributed by atoms with E-state index in [1.807, 2.05) is 13.0 Å². The van der Waals surface area contributed by atoms with Crippen molar-refractivity contribution in [1.82, 2.24) is 5.32 Å². The van der Waals surface area contributed by atoms with Gasteiger partial charge in [0.05, 0.1) is 5.41 Å². The zero-order chi connectivity index (χ0) is 12.9. The Labute approximate surface area is 101 Å². The number of carboxylic acid groups (broad SMARTS) is 1. The predicted octanol–water partition coefficient (Wildman–Crippen LogP) is 1.88. The van der Waals surface area contributed by atoms with Crippen molar-refractivity contribution in [2.24, 2.45) is 5.41 Å². The maximum Gasteiger partial charge on any atom is 0.311 e. The van der Waals surface area contributed by atoms with Crippen molar-refractivity contribution < 1.29 is 14.7 Å². The van der Waals surface area contributed by atoms with Gasteiger partial charge in [-0.25, -0.2) is 0 Å². The molecule has 1 aliphatic rings. The molecule has 1 fully saturated rings. The van der Waals surface area contributed by atoms with E-state index < -0.39 is 11.4 Å². The molecule has 0 radical (unpaired) electrons. The highest BCUT2D eigenvalue weighted by atomic mass is 16.4. The maximum atomic E-state index is 11.6. The van der Waals surface area contributed by atoms with E-state index in [2.05, 4.69) is 5.32 Å². The molecular formula is C13H19NO3. The number of carbonyl (C=O) groups is 2. The fourth-order valence-corrected chi connectivity index (χ4v) is 2.13. The Morgan fingerprint density at radius 2 is 2.12 bits per heavy atom. The maximum absolute atomic E-state index is 11.6. The van der Waals surface area contributed by atoms with E-state index in [0.717, 1.165) is 12.8 Å². The van der Waals surface area contributed by atoms with Crippen molar-refractivity contribution in [3.05, 3.63) is 24.3 Å². The van der Waals surface area contributed by atoms with Gasteiger partial charge in [0.15, 0.2) is 0 Å². The largest absolute Gasteiger partial charge is 0.481 e. The Bertz CT molecular complexity index is 360. The summed E-state index contributed by atoms with van der Waals surface area (Å²) in [5.74, 6) is -1.07. The van der Waals surface area contributed by atoms with Gasteiger partial charge in [-0.15, -0.1) is 0 Å². The molecule has 2 N–H and O–H groups in total. The number of hydrogen-bond acceptors (Lipinski definition) is 2. The molecule has 0 aromatic rings. The Morgan fingerprint density at radius 1 is 1.41 bits per heavy atom. The molecule has 4 nitrogen and oxygen atoms in total. The monoisotopic (exact) mass is 237 g/mol. The number of rotatable bonds is 4. The van der Waals surface area contributed by atoms with Crippen LogP contribution in [0.5, 0.6) is 0 Å². The molecule has 4 heteroatoms. The first-order valence-corrected chi connectivity index (χ1v) is 5.84. The fraction of sp³-hybridized carbons (Fsp3) is 0.538. The lowest BCUT2D eigenvalue weighted by atomic mass is 9.85. The van der Waals surface area contributed by atoms with Crippen molar-refractivity contribution in [2.75, 3.05) is 0 Å². The minimum Gasteiger partial charge on any atom is -0.481 e. The minimum atomic E-state index is -0.835. The number of nitrogens with one attached hydrogen (secondary N) is 1. The van der Waals surface area contributed by atoms with Crippen LogP contribution in [0.1, 0.15) is 33.1 Å². The lowest BCUT2D eigenvalue weighted by molar-refractivity contribution is -0.148. The highest BCUT2D eigenvalue weighted by Crippen LogP contribution is 2.38. The van der Waals surface area contributed by atoms with Gasteiger partial charge in [-0.05, 0) is 26.7 Å². The van der Waals surface area contributed by atoms with Crippen LogP contribution < -0.4 is 5.32 Å². The van der Waals surface area contributed by atoms with Crippen LogP contribution in [0.15, 0.2) is 24.3 Å². The summed E-state index contributed by atoms with van der Waals surface area (Å²) < 4.78 is 0. The standard InChI is InChI=1S/C13H19NO3/c1-3-4-5-8-11(15)14-10-7-6-9-13(10,2)12(16)17/h3-5,8,10H,6-7,9H2,1-2H3,(H,14,15)(H,16,17)/b4-3+,8-5?. The Kier molecular flexibility index (Phi) is 4.49. The third-order valence-electron chi connectivity index (χ3n) is 3.31. The van der Waals surface area contributed by atoms with Gasteiger partial charge >= 0.3 is 5.97 Å². The first-order chi connectivity index (χ1) is 8.00. The molecule has 1 saturated carbocycles. The first-order valence-electron chi connectivity index (χ1n) is 5.84. The highest BCUT2D eigenvalue weighted by Gasteiger charge is 2.45. The van der Waals surface area contributed by atoms with Crippen molar-refractivity contribution in [3.63, 3.8) is 0 Å². The van der Waals surface area contributed by atoms with E-state index in [1.54, 1.807) is 19.1 Å². The average molecular weight is 237 g/mol. The molecule has 17 heavy (non-hydrogen) atoms. The van der Waals surface area contributed by atoms with Crippen LogP contribution in [-0.2, 0) is 9.59 Å². The summed E-state index contributed by atoms with van der Waals surface area (Å²) in [5.41, 5.74) is -0.829. The molecule has 1 amide bonds. The summed E-state index contributed by atoms with van der Waals surface area (Å²) >= 11 is 0. The molecule has 0 aromatic heterocycles. The third-order valence-corrected chi connectivity index (χ3v) is 3.31. The minimum absolute atomic E-state index is 0.234. The molecule has 0 aromatic carbocycles. The SMILES string of the molecule is C/C=C/C=CC(=O)NC1CCCC1(C)C(=O)O. The number of hydrogen-bond donors (Lipinski definition) is 2. The molecular weight excluding hydrogens is 218 g/mol. The van der Waals surface area contributed by atoms with Crippen molar-refractivity contribution in [1.29, 1.82) is 0 Å². The zero-order valence-corrected chi connectivity index (χ0v) is 10.3. The average Bonchev–Trinajstić information content (AvgIpc) is 2.62. The molecule has 0 saturated heterocycles. The van der Waals surface area contributed by atoms with E-state index >= 15 is 0 Å². The summed E-state index contributed by atoms with van der Waals surface area (Å²) in [7, 11) is 0. The van der Waals surface area contributed by atoms with Crippen LogP contribution >= 0.6 is 0 Å². The van der Waals surface area contributed by atoms with Crippen molar-refractivity contribution in [2.45, 2.75) is 39.2 Å². The second-order valence-corrected chi connectivity index (χ2v) is 4.56. The van der Waals surface area contributed by atoms with Gasteiger partial charge in [-0.3, -0.25) is 9.59 Å². The Morgan fingerprint density at radius 3 is 2.71 bits per heavy atom. The molecule has 0 heterocycles. The number of aliphatic carboxylic acids is 1. The second-order valence-electron chi connectivity index (χ2n) is 4.56. The summed E-state index contributed by atoms with van der Waals surface area (Å²) in [4.78, 5) is 22.8. The van der Waals surface area contributed by atoms with Gasteiger partial charge < -0.3 is 10.4 Å². The number of carbonyl (C=O) groups excluding carboxylic acids is 1. The van der Waals surface area contributed by atoms with Crippen molar-refractivity contribution >= 4 is 11.9 Å². The topological polar surface area (TPSA) is 66.4 Å². The van der Waals surface area contributed by atoms with Gasteiger partial charge in [0.2, 0.25) is 5.91 Å². The summed E-state index contributed by atoms with van der Waals surface area (Å²) in [6.45, 7) is 3.56. The van der Waals surface area contributed by atoms with Gasteiger partial charge in [-0.2, -0.15) is 0 Å². The third kappa shape index (κ3) is 3.19. The van der Waals surface area contributed by atoms with Gasteiger partial charge in [0, 0.05) is 12.1 Å². The predicted molar refractivity (Wildman–Crippen MR) is 65.5 cm³/mol. The van der Waals surface area contributed by atoms with E-state index in [4.69, 9.17) is 0 Å². The highest BCUT2D eigenvalue weighted by molar-refractivity contribution is 5.89. The van der Waals surface area contributed by atoms with Crippen LogP contribution in [-0.4, -0.2) is 23.0 Å². The van der Waals surface area contributed by atoms with Crippen LogP contribution in [0.2, 0.25) is 0 Å². The molecule has 0 spiro atoms. The molecule has 1 rings (SSSR count). The van der Waals surface area contributed by atoms with Gasteiger partial charge in [0.1, 0.15) is 0 Å². The lowest BCUT2D eigenvalue weighted by Crippen LogP contribution is -2.46. The van der Waals surface area contributed by atoms with Crippen LogP contribution in [0.4, 0.5) is 0 Å². The van der Waals surface area contributed by atoms with E-state index in [-0.39, 0.29) is 11.9 Å². The number of carboxylic acids is 1. The summed E-state index contributed by atoms with van der Waals surface area (Å²) in [5, 5.41) is 12.0. The number of amides is 1. The smallest absolute Gasteiger partial charge is 0.311 e. The first kappa shape index (κ1) is 13.5. The summed E-state index contributed by atoms with van der Waals surface area (Å²) in [6, 6.07) is -0.275. The molecule has 2 atom stereocenters. The second kappa shape index (κ2) is 5.66.